The van der Waals surface area contributed by atoms with E-state index in [1.165, 1.54) is 18.2 Å². The van der Waals surface area contributed by atoms with Crippen LogP contribution in [-0.4, -0.2) is 24.7 Å². The van der Waals surface area contributed by atoms with Crippen LogP contribution in [0.3, 0.4) is 0 Å². The Balaban J connectivity index is 2.30. The van der Waals surface area contributed by atoms with Gasteiger partial charge in [0.25, 0.3) is 5.69 Å². The minimum absolute atomic E-state index is 0.100. The first kappa shape index (κ1) is 19.7. The zero-order valence-electron chi connectivity index (χ0n) is 14.3. The third-order valence-corrected chi connectivity index (χ3v) is 3.58. The van der Waals surface area contributed by atoms with Gasteiger partial charge in [0.1, 0.15) is 17.8 Å². The van der Waals surface area contributed by atoms with E-state index < -0.39 is 4.92 Å². The Bertz CT molecular complexity index is 943. The minimum atomic E-state index is -0.533. The third-order valence-electron chi connectivity index (χ3n) is 3.58. The van der Waals surface area contributed by atoms with Crippen molar-refractivity contribution in [3.05, 3.63) is 63.2 Å². The molecular formula is C18H16N6O3. The van der Waals surface area contributed by atoms with Crippen molar-refractivity contribution in [2.75, 3.05) is 19.8 Å². The van der Waals surface area contributed by atoms with Crippen molar-refractivity contribution in [3.63, 3.8) is 0 Å². The number of nitrogens with two attached hydrogens (primary N) is 1. The molecule has 0 heterocycles. The van der Waals surface area contributed by atoms with Crippen molar-refractivity contribution in [3.8, 4) is 12.1 Å². The van der Waals surface area contributed by atoms with E-state index in [9.17, 15) is 20.6 Å². The Morgan fingerprint density at radius 1 is 1.11 bits per heavy atom. The maximum absolute atomic E-state index is 10.8. The number of nitro benzene ring substituents is 1. The van der Waals surface area contributed by atoms with Crippen LogP contribution in [0.5, 0.6) is 0 Å². The quantitative estimate of drug-likeness (QED) is 0.328. The van der Waals surface area contributed by atoms with Crippen LogP contribution < -0.4 is 5.73 Å². The third kappa shape index (κ3) is 5.16. The Morgan fingerprint density at radius 3 is 2.56 bits per heavy atom. The summed E-state index contributed by atoms with van der Waals surface area (Å²) in [7, 11) is 0. The first-order valence-electron chi connectivity index (χ1n) is 8.00. The lowest BCUT2D eigenvalue weighted by molar-refractivity contribution is -0.384. The van der Waals surface area contributed by atoms with E-state index in [1.807, 2.05) is 12.1 Å². The Morgan fingerprint density at radius 2 is 1.89 bits per heavy atom. The highest BCUT2D eigenvalue weighted by Gasteiger charge is 2.13. The molecule has 0 aliphatic carbocycles. The number of hydrogen-bond donors (Lipinski definition) is 1. The lowest BCUT2D eigenvalue weighted by atomic mass is 9.99. The number of nitro groups is 1. The summed E-state index contributed by atoms with van der Waals surface area (Å²) in [6, 6.07) is 12.9. The number of hydrogen-bond acceptors (Lipinski definition) is 8. The second-order valence-electron chi connectivity index (χ2n) is 5.35. The van der Waals surface area contributed by atoms with Crippen LogP contribution in [-0.2, 0) is 11.2 Å². The maximum Gasteiger partial charge on any atom is 0.271 e. The number of ether oxygens (including phenoxy) is 1. The first-order chi connectivity index (χ1) is 13.1. The summed E-state index contributed by atoms with van der Waals surface area (Å²) in [5.41, 5.74) is 6.71. The van der Waals surface area contributed by atoms with Crippen molar-refractivity contribution < 1.29 is 9.66 Å². The van der Waals surface area contributed by atoms with Crippen LogP contribution >= 0.6 is 0 Å². The average molecular weight is 364 g/mol. The minimum Gasteiger partial charge on any atom is -0.380 e. The van der Waals surface area contributed by atoms with Crippen molar-refractivity contribution in [2.24, 2.45) is 16.0 Å². The molecule has 2 N–H and O–H groups in total. The molecule has 9 heteroatoms. The fraction of sp³-hybridized carbons (Fsp3) is 0.222. The standard InChI is InChI=1S/C18H16N6O3/c19-7-9-27-8-6-13-4-5-18(17(12-21)16(13)11-20)23-22-14-2-1-3-15(10-14)24(25)26/h1-5,10H,6-9,19H2. The van der Waals surface area contributed by atoms with Crippen molar-refractivity contribution in [1.82, 2.24) is 0 Å². The molecule has 136 valence electrons. The topological polar surface area (TPSA) is 151 Å². The van der Waals surface area contributed by atoms with Crippen molar-refractivity contribution in [2.45, 2.75) is 6.42 Å². The fourth-order valence-corrected chi connectivity index (χ4v) is 2.32. The predicted octanol–water partition coefficient (Wildman–Crippen LogP) is 3.27. The van der Waals surface area contributed by atoms with Crippen LogP contribution in [0.15, 0.2) is 46.6 Å². The molecule has 0 unspecified atom stereocenters. The zero-order chi connectivity index (χ0) is 19.6. The molecule has 0 atom stereocenters. The van der Waals surface area contributed by atoms with E-state index in [-0.39, 0.29) is 28.2 Å². The smallest absolute Gasteiger partial charge is 0.271 e. The maximum atomic E-state index is 10.8. The predicted molar refractivity (Wildman–Crippen MR) is 96.7 cm³/mol. The summed E-state index contributed by atoms with van der Waals surface area (Å²) in [6.45, 7) is 1.21. The van der Waals surface area contributed by atoms with E-state index in [2.05, 4.69) is 10.2 Å². The van der Waals surface area contributed by atoms with E-state index in [4.69, 9.17) is 10.5 Å². The van der Waals surface area contributed by atoms with Crippen molar-refractivity contribution >= 4 is 17.1 Å². The Hall–Kier alpha value is -3.66. The number of azo groups is 1. The van der Waals surface area contributed by atoms with E-state index >= 15 is 0 Å². The van der Waals surface area contributed by atoms with Gasteiger partial charge in [0, 0.05) is 18.7 Å². The number of nitrogens with zero attached hydrogens (tertiary/aromatic N) is 5. The van der Waals surface area contributed by atoms with Crippen LogP contribution in [0, 0.1) is 32.8 Å². The number of benzene rings is 2. The van der Waals surface area contributed by atoms with Gasteiger partial charge in [0.05, 0.1) is 35.0 Å². The molecule has 0 saturated carbocycles. The van der Waals surface area contributed by atoms with Gasteiger partial charge in [0.15, 0.2) is 0 Å². The highest BCUT2D eigenvalue weighted by atomic mass is 16.6. The van der Waals surface area contributed by atoms with Gasteiger partial charge >= 0.3 is 0 Å². The highest BCUT2D eigenvalue weighted by molar-refractivity contribution is 5.63. The summed E-state index contributed by atoms with van der Waals surface area (Å²) in [6.07, 6.45) is 0.458. The second kappa shape index (κ2) is 9.73. The monoisotopic (exact) mass is 364 g/mol. The molecule has 27 heavy (non-hydrogen) atoms. The van der Waals surface area contributed by atoms with Gasteiger partial charge in [-0.2, -0.15) is 15.6 Å². The molecule has 0 spiro atoms. The van der Waals surface area contributed by atoms with Gasteiger partial charge in [0.2, 0.25) is 0 Å². The summed E-state index contributed by atoms with van der Waals surface area (Å²) >= 11 is 0. The molecule has 0 bridgehead atoms. The molecule has 9 nitrogen and oxygen atoms in total. The lowest BCUT2D eigenvalue weighted by Crippen LogP contribution is -2.10. The summed E-state index contributed by atoms with van der Waals surface area (Å²) < 4.78 is 5.31. The molecule has 0 aliphatic heterocycles. The molecule has 0 aliphatic rings. The second-order valence-corrected chi connectivity index (χ2v) is 5.35. The molecule has 2 rings (SSSR count). The van der Waals surface area contributed by atoms with E-state index in [1.54, 1.807) is 18.2 Å². The van der Waals surface area contributed by atoms with E-state index in [0.29, 0.717) is 31.7 Å². The molecule has 0 fully saturated rings. The zero-order valence-corrected chi connectivity index (χ0v) is 14.3. The lowest BCUT2D eigenvalue weighted by Gasteiger charge is -2.07. The molecule has 2 aromatic rings. The fourth-order valence-electron chi connectivity index (χ4n) is 2.32. The Kier molecular flexibility index (Phi) is 7.08. The van der Waals surface area contributed by atoms with Gasteiger partial charge in [-0.1, -0.05) is 12.1 Å². The summed E-state index contributed by atoms with van der Waals surface area (Å²) in [4.78, 5) is 10.3. The summed E-state index contributed by atoms with van der Waals surface area (Å²) in [5.74, 6) is 0. The van der Waals surface area contributed by atoms with Gasteiger partial charge in [-0.15, -0.1) is 5.11 Å². The Labute approximate surface area is 155 Å². The van der Waals surface area contributed by atoms with Crippen LogP contribution in [0.25, 0.3) is 0 Å². The number of non-ortho nitro benzene ring substituents is 1. The van der Waals surface area contributed by atoms with E-state index in [0.717, 1.165) is 0 Å². The van der Waals surface area contributed by atoms with Gasteiger partial charge in [-0.3, -0.25) is 10.1 Å². The van der Waals surface area contributed by atoms with Crippen LogP contribution in [0.4, 0.5) is 17.1 Å². The number of rotatable bonds is 8. The molecule has 0 amide bonds. The van der Waals surface area contributed by atoms with Gasteiger partial charge in [-0.05, 0) is 24.1 Å². The SMILES string of the molecule is N#Cc1c(CCOCCN)ccc(N=Nc2cccc([N+](=O)[O-])c2)c1C#N. The molecule has 0 radical (unpaired) electrons. The average Bonchev–Trinajstić information content (AvgIpc) is 2.69. The van der Waals surface area contributed by atoms with Gasteiger partial charge in [-0.25, -0.2) is 0 Å². The van der Waals surface area contributed by atoms with Gasteiger partial charge < -0.3 is 10.5 Å². The highest BCUT2D eigenvalue weighted by Crippen LogP contribution is 2.28. The molecule has 2 aromatic carbocycles. The molecule has 0 aromatic heterocycles. The number of nitriles is 2. The molecular weight excluding hydrogens is 348 g/mol. The summed E-state index contributed by atoms with van der Waals surface area (Å²) in [5, 5.41) is 37.6. The molecule has 0 saturated heterocycles. The largest absolute Gasteiger partial charge is 0.380 e. The first-order valence-corrected chi connectivity index (χ1v) is 8.00. The van der Waals surface area contributed by atoms with Crippen LogP contribution in [0.1, 0.15) is 16.7 Å². The normalized spacial score (nSPS) is 10.5. The van der Waals surface area contributed by atoms with Crippen molar-refractivity contribution in [1.29, 1.82) is 10.5 Å². The van der Waals surface area contributed by atoms with Crippen LogP contribution in [0.2, 0.25) is 0 Å².